The van der Waals surface area contributed by atoms with Crippen LogP contribution in [0, 0.1) is 0 Å². The maximum atomic E-state index is 6.22. The standard InChI is InChI=1S/C12H23NO/c13-10-12(14-11-6-5-7-11)8-3-1-2-4-9-12/h11H,1-10,13H2. The number of ether oxygens (including phenoxy) is 1. The first-order chi connectivity index (χ1) is 6.85. The van der Waals surface area contributed by atoms with Gasteiger partial charge in [0.15, 0.2) is 0 Å². The molecule has 0 heterocycles. The Morgan fingerprint density at radius 3 is 2.07 bits per heavy atom. The highest BCUT2D eigenvalue weighted by molar-refractivity contribution is 4.87. The molecular weight excluding hydrogens is 174 g/mol. The Hall–Kier alpha value is -0.0800. The molecule has 2 heteroatoms. The summed E-state index contributed by atoms with van der Waals surface area (Å²) >= 11 is 0. The maximum Gasteiger partial charge on any atom is 0.0807 e. The number of hydrogen-bond acceptors (Lipinski definition) is 2. The Labute approximate surface area is 87.2 Å². The Morgan fingerprint density at radius 2 is 1.64 bits per heavy atom. The molecule has 0 aromatic carbocycles. The minimum Gasteiger partial charge on any atom is -0.370 e. The molecule has 0 spiro atoms. The molecule has 82 valence electrons. The quantitative estimate of drug-likeness (QED) is 0.706. The first-order valence-electron chi connectivity index (χ1n) is 6.23. The van der Waals surface area contributed by atoms with Crippen LogP contribution in [0.3, 0.4) is 0 Å². The van der Waals surface area contributed by atoms with E-state index in [0.717, 1.165) is 6.54 Å². The van der Waals surface area contributed by atoms with Crippen molar-refractivity contribution in [3.63, 3.8) is 0 Å². The summed E-state index contributed by atoms with van der Waals surface area (Å²) in [6.07, 6.45) is 12.2. The lowest BCUT2D eigenvalue weighted by Gasteiger charge is -2.39. The van der Waals surface area contributed by atoms with Gasteiger partial charge >= 0.3 is 0 Å². The average Bonchev–Trinajstić information content (AvgIpc) is 2.38. The lowest BCUT2D eigenvalue weighted by atomic mass is 9.90. The number of nitrogens with two attached hydrogens (primary N) is 1. The monoisotopic (exact) mass is 197 g/mol. The van der Waals surface area contributed by atoms with Gasteiger partial charge in [-0.2, -0.15) is 0 Å². The first-order valence-corrected chi connectivity index (χ1v) is 6.23. The van der Waals surface area contributed by atoms with Crippen molar-refractivity contribution in [2.75, 3.05) is 6.54 Å². The zero-order valence-electron chi connectivity index (χ0n) is 9.13. The van der Waals surface area contributed by atoms with E-state index < -0.39 is 0 Å². The van der Waals surface area contributed by atoms with Crippen LogP contribution in [-0.2, 0) is 4.74 Å². The van der Waals surface area contributed by atoms with Gasteiger partial charge in [0.05, 0.1) is 11.7 Å². The lowest BCUT2D eigenvalue weighted by Crippen LogP contribution is -2.44. The Balaban J connectivity index is 1.90. The third-order valence-electron chi connectivity index (χ3n) is 3.86. The van der Waals surface area contributed by atoms with Crippen LogP contribution in [0.1, 0.15) is 57.8 Å². The van der Waals surface area contributed by atoms with Gasteiger partial charge in [0, 0.05) is 6.54 Å². The third-order valence-corrected chi connectivity index (χ3v) is 3.86. The predicted molar refractivity (Wildman–Crippen MR) is 58.2 cm³/mol. The molecule has 0 aromatic rings. The van der Waals surface area contributed by atoms with E-state index in [2.05, 4.69) is 0 Å². The summed E-state index contributed by atoms with van der Waals surface area (Å²) in [5.41, 5.74) is 5.97. The van der Waals surface area contributed by atoms with Crippen molar-refractivity contribution in [3.05, 3.63) is 0 Å². The molecule has 0 saturated heterocycles. The fraction of sp³-hybridized carbons (Fsp3) is 1.00. The fourth-order valence-electron chi connectivity index (χ4n) is 2.59. The van der Waals surface area contributed by atoms with Gasteiger partial charge in [0.25, 0.3) is 0 Å². The summed E-state index contributed by atoms with van der Waals surface area (Å²) in [5, 5.41) is 0. The van der Waals surface area contributed by atoms with E-state index in [0.29, 0.717) is 6.10 Å². The van der Waals surface area contributed by atoms with Gasteiger partial charge in [-0.1, -0.05) is 25.7 Å². The highest BCUT2D eigenvalue weighted by Gasteiger charge is 2.34. The Morgan fingerprint density at radius 1 is 1.00 bits per heavy atom. The molecular formula is C12H23NO. The van der Waals surface area contributed by atoms with Gasteiger partial charge in [0.2, 0.25) is 0 Å². The molecule has 0 aliphatic heterocycles. The van der Waals surface area contributed by atoms with E-state index in [4.69, 9.17) is 10.5 Å². The van der Waals surface area contributed by atoms with E-state index in [1.807, 2.05) is 0 Å². The van der Waals surface area contributed by atoms with Gasteiger partial charge in [-0.05, 0) is 32.1 Å². The second-order valence-electron chi connectivity index (χ2n) is 4.97. The van der Waals surface area contributed by atoms with Crippen LogP contribution in [0.15, 0.2) is 0 Å². The van der Waals surface area contributed by atoms with Crippen LogP contribution >= 0.6 is 0 Å². The smallest absolute Gasteiger partial charge is 0.0807 e. The van der Waals surface area contributed by atoms with Gasteiger partial charge < -0.3 is 10.5 Å². The van der Waals surface area contributed by atoms with Crippen LogP contribution in [-0.4, -0.2) is 18.2 Å². The van der Waals surface area contributed by atoms with Crippen molar-refractivity contribution in [3.8, 4) is 0 Å². The van der Waals surface area contributed by atoms with E-state index in [9.17, 15) is 0 Å². The van der Waals surface area contributed by atoms with Crippen molar-refractivity contribution in [1.82, 2.24) is 0 Å². The zero-order valence-corrected chi connectivity index (χ0v) is 9.13. The summed E-state index contributed by atoms with van der Waals surface area (Å²) in [7, 11) is 0. The van der Waals surface area contributed by atoms with Crippen LogP contribution in [0.4, 0.5) is 0 Å². The van der Waals surface area contributed by atoms with Crippen molar-refractivity contribution >= 4 is 0 Å². The molecule has 0 amide bonds. The highest BCUT2D eigenvalue weighted by Crippen LogP contribution is 2.35. The third kappa shape index (κ3) is 2.29. The SMILES string of the molecule is NCC1(OC2CCC2)CCCCCC1. The summed E-state index contributed by atoms with van der Waals surface area (Å²) in [5.74, 6) is 0. The topological polar surface area (TPSA) is 35.2 Å². The van der Waals surface area contributed by atoms with Crippen molar-refractivity contribution in [2.24, 2.45) is 5.73 Å². The van der Waals surface area contributed by atoms with Gasteiger partial charge in [-0.15, -0.1) is 0 Å². The largest absolute Gasteiger partial charge is 0.370 e. The average molecular weight is 197 g/mol. The molecule has 2 saturated carbocycles. The van der Waals surface area contributed by atoms with Crippen LogP contribution < -0.4 is 5.73 Å². The molecule has 0 unspecified atom stereocenters. The van der Waals surface area contributed by atoms with E-state index in [1.165, 1.54) is 57.8 Å². The second-order valence-corrected chi connectivity index (χ2v) is 4.97. The molecule has 2 nitrogen and oxygen atoms in total. The van der Waals surface area contributed by atoms with E-state index >= 15 is 0 Å². The van der Waals surface area contributed by atoms with Crippen molar-refractivity contribution < 1.29 is 4.74 Å². The zero-order chi connectivity index (χ0) is 9.86. The predicted octanol–water partition coefficient (Wildman–Crippen LogP) is 2.61. The van der Waals surface area contributed by atoms with Gasteiger partial charge in [-0.3, -0.25) is 0 Å². The van der Waals surface area contributed by atoms with E-state index in [-0.39, 0.29) is 5.60 Å². The Kier molecular flexibility index (Phi) is 3.45. The summed E-state index contributed by atoms with van der Waals surface area (Å²) < 4.78 is 6.22. The van der Waals surface area contributed by atoms with Crippen molar-refractivity contribution in [2.45, 2.75) is 69.5 Å². The van der Waals surface area contributed by atoms with Crippen molar-refractivity contribution in [1.29, 1.82) is 0 Å². The molecule has 2 N–H and O–H groups in total. The van der Waals surface area contributed by atoms with Crippen LogP contribution in [0.2, 0.25) is 0 Å². The lowest BCUT2D eigenvalue weighted by molar-refractivity contribution is -0.123. The Bertz CT molecular complexity index is 169. The van der Waals surface area contributed by atoms with Gasteiger partial charge in [-0.25, -0.2) is 0 Å². The van der Waals surface area contributed by atoms with Crippen LogP contribution in [0.25, 0.3) is 0 Å². The molecule has 2 aliphatic carbocycles. The summed E-state index contributed by atoms with van der Waals surface area (Å²) in [4.78, 5) is 0. The molecule has 0 atom stereocenters. The molecule has 14 heavy (non-hydrogen) atoms. The molecule has 0 radical (unpaired) electrons. The number of rotatable bonds is 3. The van der Waals surface area contributed by atoms with Gasteiger partial charge in [0.1, 0.15) is 0 Å². The highest BCUT2D eigenvalue weighted by atomic mass is 16.5. The number of hydrogen-bond donors (Lipinski definition) is 1. The normalized spacial score (nSPS) is 28.1. The minimum absolute atomic E-state index is 0.0571. The first kappa shape index (κ1) is 10.4. The van der Waals surface area contributed by atoms with E-state index in [1.54, 1.807) is 0 Å². The molecule has 0 aromatic heterocycles. The fourth-order valence-corrected chi connectivity index (χ4v) is 2.59. The molecule has 2 aliphatic rings. The molecule has 0 bridgehead atoms. The molecule has 2 rings (SSSR count). The van der Waals surface area contributed by atoms with Crippen LogP contribution in [0.5, 0.6) is 0 Å². The summed E-state index contributed by atoms with van der Waals surface area (Å²) in [6.45, 7) is 0.726. The minimum atomic E-state index is 0.0571. The maximum absolute atomic E-state index is 6.22. The second kappa shape index (κ2) is 4.63. The summed E-state index contributed by atoms with van der Waals surface area (Å²) in [6, 6.07) is 0. The molecule has 2 fully saturated rings.